The number of benzene rings is 1. The Bertz CT molecular complexity index is 474. The first-order chi connectivity index (χ1) is 9.88. The summed E-state index contributed by atoms with van der Waals surface area (Å²) in [4.78, 5) is 10.2. The van der Waals surface area contributed by atoms with E-state index in [4.69, 9.17) is 12.2 Å². The summed E-state index contributed by atoms with van der Waals surface area (Å²) in [5.41, 5.74) is 0.814. The van der Waals surface area contributed by atoms with Crippen LogP contribution in [-0.4, -0.2) is 16.1 Å². The summed E-state index contributed by atoms with van der Waals surface area (Å²) in [6, 6.07) is 6.51. The smallest absolute Gasteiger partial charge is 0.269 e. The molecule has 0 radical (unpaired) electrons. The first kappa shape index (κ1) is 17.4. The third kappa shape index (κ3) is 7.04. The summed E-state index contributed by atoms with van der Waals surface area (Å²) < 4.78 is 0. The van der Waals surface area contributed by atoms with E-state index < -0.39 is 4.92 Å². The second kappa shape index (κ2) is 8.56. The molecular formula is C15H23N3O2S. The Morgan fingerprint density at radius 3 is 2.38 bits per heavy atom. The maximum Gasteiger partial charge on any atom is 0.269 e. The van der Waals surface area contributed by atoms with Crippen LogP contribution in [0.1, 0.15) is 40.0 Å². The number of nitrogens with zero attached hydrogens (tertiary/aromatic N) is 1. The van der Waals surface area contributed by atoms with Crippen molar-refractivity contribution in [1.82, 2.24) is 5.32 Å². The van der Waals surface area contributed by atoms with Crippen LogP contribution in [0, 0.1) is 16.0 Å². The highest BCUT2D eigenvalue weighted by molar-refractivity contribution is 7.80. The molecule has 6 heteroatoms. The highest BCUT2D eigenvalue weighted by Crippen LogP contribution is 2.15. The molecular weight excluding hydrogens is 286 g/mol. The van der Waals surface area contributed by atoms with Gasteiger partial charge in [-0.05, 0) is 43.6 Å². The fourth-order valence-electron chi connectivity index (χ4n) is 1.96. The van der Waals surface area contributed by atoms with Gasteiger partial charge in [0.2, 0.25) is 0 Å². The largest absolute Gasteiger partial charge is 0.360 e. The Labute approximate surface area is 131 Å². The van der Waals surface area contributed by atoms with Gasteiger partial charge < -0.3 is 10.6 Å². The van der Waals surface area contributed by atoms with Gasteiger partial charge in [0.1, 0.15) is 0 Å². The molecule has 0 spiro atoms. The quantitative estimate of drug-likeness (QED) is 0.451. The fraction of sp³-hybridized carbons (Fsp3) is 0.533. The summed E-state index contributed by atoms with van der Waals surface area (Å²) >= 11 is 5.24. The van der Waals surface area contributed by atoms with Crippen molar-refractivity contribution in [2.75, 3.05) is 5.32 Å². The highest BCUT2D eigenvalue weighted by Gasteiger charge is 2.07. The van der Waals surface area contributed by atoms with Crippen LogP contribution >= 0.6 is 12.2 Å². The number of nitro groups is 1. The van der Waals surface area contributed by atoms with E-state index in [0.29, 0.717) is 11.2 Å². The van der Waals surface area contributed by atoms with Crippen LogP contribution < -0.4 is 10.6 Å². The first-order valence-corrected chi connectivity index (χ1v) is 7.61. The summed E-state index contributed by atoms with van der Waals surface area (Å²) in [5.74, 6) is 0.724. The van der Waals surface area contributed by atoms with Gasteiger partial charge in [0.25, 0.3) is 5.69 Å². The SMILES string of the molecule is CC(C)CCCC(C)NC(=S)Nc1ccc([N+](=O)[O-])cc1. The van der Waals surface area contributed by atoms with Gasteiger partial charge >= 0.3 is 0 Å². The van der Waals surface area contributed by atoms with Crippen LogP contribution in [0.3, 0.4) is 0 Å². The lowest BCUT2D eigenvalue weighted by atomic mass is 10.0. The van der Waals surface area contributed by atoms with E-state index >= 15 is 0 Å². The Hall–Kier alpha value is -1.69. The second-order valence-electron chi connectivity index (χ2n) is 5.63. The van der Waals surface area contributed by atoms with E-state index in [-0.39, 0.29) is 5.69 Å². The van der Waals surface area contributed by atoms with Crippen molar-refractivity contribution in [3.63, 3.8) is 0 Å². The molecule has 0 saturated carbocycles. The minimum Gasteiger partial charge on any atom is -0.360 e. The van der Waals surface area contributed by atoms with Gasteiger partial charge in [0.05, 0.1) is 4.92 Å². The van der Waals surface area contributed by atoms with E-state index in [0.717, 1.165) is 18.0 Å². The predicted molar refractivity (Wildman–Crippen MR) is 90.6 cm³/mol. The second-order valence-corrected chi connectivity index (χ2v) is 6.04. The molecule has 116 valence electrons. The van der Waals surface area contributed by atoms with E-state index in [1.54, 1.807) is 12.1 Å². The maximum absolute atomic E-state index is 10.6. The van der Waals surface area contributed by atoms with E-state index in [2.05, 4.69) is 31.4 Å². The van der Waals surface area contributed by atoms with Crippen LogP contribution in [0.4, 0.5) is 11.4 Å². The molecule has 21 heavy (non-hydrogen) atoms. The van der Waals surface area contributed by atoms with E-state index in [1.165, 1.54) is 25.0 Å². The number of hydrogen-bond donors (Lipinski definition) is 2. The van der Waals surface area contributed by atoms with Crippen LogP contribution in [-0.2, 0) is 0 Å². The van der Waals surface area contributed by atoms with Gasteiger partial charge in [-0.15, -0.1) is 0 Å². The lowest BCUT2D eigenvalue weighted by Gasteiger charge is -2.17. The standard InChI is InChI=1S/C15H23N3O2S/c1-11(2)5-4-6-12(3)16-15(21)17-13-7-9-14(10-8-13)18(19)20/h7-12H,4-6H2,1-3H3,(H2,16,17,21). The zero-order chi connectivity index (χ0) is 15.8. The summed E-state index contributed by atoms with van der Waals surface area (Å²) in [6.07, 6.45) is 3.46. The molecule has 0 aliphatic carbocycles. The zero-order valence-electron chi connectivity index (χ0n) is 12.8. The van der Waals surface area contributed by atoms with Crippen molar-refractivity contribution in [3.05, 3.63) is 34.4 Å². The fourth-order valence-corrected chi connectivity index (χ4v) is 2.28. The minimum atomic E-state index is -0.419. The molecule has 1 aromatic rings. The molecule has 1 aromatic carbocycles. The third-order valence-corrected chi connectivity index (χ3v) is 3.35. The van der Waals surface area contributed by atoms with Gasteiger partial charge in [-0.25, -0.2) is 0 Å². The average Bonchev–Trinajstić information content (AvgIpc) is 2.38. The van der Waals surface area contributed by atoms with Crippen molar-refractivity contribution in [1.29, 1.82) is 0 Å². The summed E-state index contributed by atoms with van der Waals surface area (Å²) in [5, 5.41) is 17.4. The number of non-ortho nitro benzene ring substituents is 1. The first-order valence-electron chi connectivity index (χ1n) is 7.20. The normalized spacial score (nSPS) is 12.0. The molecule has 1 atom stereocenters. The summed E-state index contributed by atoms with van der Waals surface area (Å²) in [6.45, 7) is 6.54. The molecule has 0 aromatic heterocycles. The van der Waals surface area contributed by atoms with Gasteiger partial charge in [-0.3, -0.25) is 10.1 Å². The Morgan fingerprint density at radius 2 is 1.86 bits per heavy atom. The molecule has 0 heterocycles. The van der Waals surface area contributed by atoms with Crippen LogP contribution in [0.2, 0.25) is 0 Å². The summed E-state index contributed by atoms with van der Waals surface area (Å²) in [7, 11) is 0. The molecule has 0 bridgehead atoms. The van der Waals surface area contributed by atoms with Gasteiger partial charge in [-0.1, -0.05) is 26.7 Å². The van der Waals surface area contributed by atoms with Crippen molar-refractivity contribution < 1.29 is 4.92 Å². The topological polar surface area (TPSA) is 67.2 Å². The molecule has 1 unspecified atom stereocenters. The molecule has 0 aliphatic heterocycles. The molecule has 5 nitrogen and oxygen atoms in total. The van der Waals surface area contributed by atoms with Crippen molar-refractivity contribution in [2.24, 2.45) is 5.92 Å². The maximum atomic E-state index is 10.6. The van der Waals surface area contributed by atoms with Gasteiger partial charge in [-0.2, -0.15) is 0 Å². The Morgan fingerprint density at radius 1 is 1.24 bits per heavy atom. The van der Waals surface area contributed by atoms with E-state index in [1.807, 2.05) is 0 Å². The number of thiocarbonyl (C=S) groups is 1. The molecule has 2 N–H and O–H groups in total. The average molecular weight is 309 g/mol. The minimum absolute atomic E-state index is 0.0708. The number of anilines is 1. The monoisotopic (exact) mass is 309 g/mol. The van der Waals surface area contributed by atoms with Crippen molar-refractivity contribution in [2.45, 2.75) is 46.1 Å². The number of rotatable bonds is 7. The van der Waals surface area contributed by atoms with Crippen molar-refractivity contribution in [3.8, 4) is 0 Å². The zero-order valence-corrected chi connectivity index (χ0v) is 13.6. The molecule has 1 rings (SSSR count). The third-order valence-electron chi connectivity index (χ3n) is 3.13. The lowest BCUT2D eigenvalue weighted by Crippen LogP contribution is -2.35. The number of hydrogen-bond acceptors (Lipinski definition) is 3. The van der Waals surface area contributed by atoms with Gasteiger partial charge in [0, 0.05) is 23.9 Å². The lowest BCUT2D eigenvalue weighted by molar-refractivity contribution is -0.384. The van der Waals surface area contributed by atoms with Crippen LogP contribution in [0.15, 0.2) is 24.3 Å². The van der Waals surface area contributed by atoms with Gasteiger partial charge in [0.15, 0.2) is 5.11 Å². The molecule has 0 fully saturated rings. The Kier molecular flexibility index (Phi) is 7.08. The number of nitrogens with one attached hydrogen (secondary N) is 2. The van der Waals surface area contributed by atoms with Crippen molar-refractivity contribution >= 4 is 28.7 Å². The molecule has 0 saturated heterocycles. The molecule has 0 amide bonds. The number of nitro benzene ring substituents is 1. The molecule has 0 aliphatic rings. The predicted octanol–water partition coefficient (Wildman–Crippen LogP) is 4.10. The van der Waals surface area contributed by atoms with E-state index in [9.17, 15) is 10.1 Å². The van der Waals surface area contributed by atoms with Crippen LogP contribution in [0.5, 0.6) is 0 Å². The highest BCUT2D eigenvalue weighted by atomic mass is 32.1. The van der Waals surface area contributed by atoms with Crippen LogP contribution in [0.25, 0.3) is 0 Å². The Balaban J connectivity index is 2.37.